The topological polar surface area (TPSA) is 37.4 Å². The van der Waals surface area contributed by atoms with Gasteiger partial charge in [0.25, 0.3) is 0 Å². The minimum Gasteiger partial charge on any atom is -0.378 e. The predicted molar refractivity (Wildman–Crippen MR) is 66.0 cm³/mol. The number of pyridine rings is 1. The summed E-state index contributed by atoms with van der Waals surface area (Å²) in [7, 11) is 0. The second-order valence-corrected chi connectivity index (χ2v) is 4.15. The maximum Gasteiger partial charge on any atom is 0.168 e. The molecule has 1 aromatic rings. The van der Waals surface area contributed by atoms with Crippen molar-refractivity contribution in [2.24, 2.45) is 0 Å². The molecule has 0 aromatic carbocycles. The predicted octanol–water partition coefficient (Wildman–Crippen LogP) is 2.02. The van der Waals surface area contributed by atoms with Crippen LogP contribution in [0.5, 0.6) is 0 Å². The number of hydrogen-bond acceptors (Lipinski definition) is 4. The summed E-state index contributed by atoms with van der Waals surface area (Å²) in [6, 6.07) is 0.885. The van der Waals surface area contributed by atoms with Crippen molar-refractivity contribution in [2.45, 2.75) is 13.3 Å². The molecule has 0 spiro atoms. The second kappa shape index (κ2) is 5.95. The summed E-state index contributed by atoms with van der Waals surface area (Å²) in [5.74, 6) is -0.979. The smallest absolute Gasteiger partial charge is 0.168 e. The van der Waals surface area contributed by atoms with E-state index in [1.165, 1.54) is 0 Å². The maximum absolute atomic E-state index is 13.7. The lowest BCUT2D eigenvalue weighted by Crippen LogP contribution is -2.37. The van der Waals surface area contributed by atoms with Crippen LogP contribution in [-0.2, 0) is 4.74 Å². The molecule has 1 fully saturated rings. The summed E-state index contributed by atoms with van der Waals surface area (Å²) in [5, 5.41) is 2.86. The van der Waals surface area contributed by atoms with Crippen LogP contribution in [0.25, 0.3) is 0 Å². The molecule has 1 aliphatic heterocycles. The number of nitrogens with one attached hydrogen (secondary N) is 1. The molecule has 0 amide bonds. The zero-order valence-corrected chi connectivity index (χ0v) is 10.4. The Hall–Kier alpha value is -1.43. The number of morpholine rings is 1. The van der Waals surface area contributed by atoms with Crippen molar-refractivity contribution < 1.29 is 13.5 Å². The molecule has 0 unspecified atom stereocenters. The molecule has 18 heavy (non-hydrogen) atoms. The molecule has 1 N–H and O–H groups in total. The van der Waals surface area contributed by atoms with Gasteiger partial charge in [-0.15, -0.1) is 0 Å². The van der Waals surface area contributed by atoms with Gasteiger partial charge in [0.2, 0.25) is 0 Å². The van der Waals surface area contributed by atoms with Crippen molar-refractivity contribution in [1.82, 2.24) is 4.98 Å². The lowest BCUT2D eigenvalue weighted by Gasteiger charge is -2.28. The van der Waals surface area contributed by atoms with E-state index >= 15 is 0 Å². The molecule has 1 aromatic heterocycles. The van der Waals surface area contributed by atoms with Gasteiger partial charge >= 0.3 is 0 Å². The van der Waals surface area contributed by atoms with Crippen LogP contribution in [-0.4, -0.2) is 37.8 Å². The van der Waals surface area contributed by atoms with Crippen molar-refractivity contribution in [3.63, 3.8) is 0 Å². The monoisotopic (exact) mass is 257 g/mol. The fourth-order valence-corrected chi connectivity index (χ4v) is 1.82. The third-order valence-electron chi connectivity index (χ3n) is 2.76. The summed E-state index contributed by atoms with van der Waals surface area (Å²) in [5.41, 5.74) is 0. The highest BCUT2D eigenvalue weighted by Gasteiger charge is 2.19. The third-order valence-corrected chi connectivity index (χ3v) is 2.76. The summed E-state index contributed by atoms with van der Waals surface area (Å²) in [4.78, 5) is 5.82. The minimum absolute atomic E-state index is 0.111. The van der Waals surface area contributed by atoms with Crippen LogP contribution >= 0.6 is 0 Å². The molecule has 0 bridgehead atoms. The Morgan fingerprint density at radius 3 is 2.72 bits per heavy atom. The van der Waals surface area contributed by atoms with E-state index in [2.05, 4.69) is 10.3 Å². The first kappa shape index (κ1) is 13.0. The lowest BCUT2D eigenvalue weighted by atomic mass is 10.3. The quantitative estimate of drug-likeness (QED) is 0.895. The van der Waals surface area contributed by atoms with E-state index in [0.29, 0.717) is 32.8 Å². The highest BCUT2D eigenvalue weighted by atomic mass is 19.1. The van der Waals surface area contributed by atoms with Gasteiger partial charge in [-0.1, -0.05) is 6.92 Å². The van der Waals surface area contributed by atoms with Crippen LogP contribution in [0.2, 0.25) is 0 Å². The van der Waals surface area contributed by atoms with Crippen LogP contribution in [0.4, 0.5) is 20.4 Å². The van der Waals surface area contributed by atoms with Gasteiger partial charge in [0, 0.05) is 25.7 Å². The first-order valence-electron chi connectivity index (χ1n) is 6.15. The highest BCUT2D eigenvalue weighted by molar-refractivity contribution is 5.49. The minimum atomic E-state index is -0.655. The zero-order chi connectivity index (χ0) is 13.0. The van der Waals surface area contributed by atoms with E-state index < -0.39 is 11.6 Å². The van der Waals surface area contributed by atoms with E-state index in [0.717, 1.165) is 12.5 Å². The molecule has 100 valence electrons. The highest BCUT2D eigenvalue weighted by Crippen LogP contribution is 2.23. The van der Waals surface area contributed by atoms with Crippen LogP contribution < -0.4 is 10.2 Å². The molecule has 0 saturated carbocycles. The molecule has 4 nitrogen and oxygen atoms in total. The van der Waals surface area contributed by atoms with Crippen LogP contribution in [0, 0.1) is 11.6 Å². The van der Waals surface area contributed by atoms with E-state index in [9.17, 15) is 8.78 Å². The molecule has 0 atom stereocenters. The second-order valence-electron chi connectivity index (χ2n) is 4.15. The fraction of sp³-hybridized carbons (Fsp3) is 0.583. The van der Waals surface area contributed by atoms with Crippen molar-refractivity contribution in [3.05, 3.63) is 17.7 Å². The summed E-state index contributed by atoms with van der Waals surface area (Å²) in [6.07, 6.45) is 0.853. The maximum atomic E-state index is 13.7. The van der Waals surface area contributed by atoms with Crippen LogP contribution in [0.1, 0.15) is 13.3 Å². The number of ether oxygens (including phenoxy) is 1. The Morgan fingerprint density at radius 1 is 1.33 bits per heavy atom. The molecular formula is C12H17F2N3O. The number of anilines is 2. The van der Waals surface area contributed by atoms with Gasteiger partial charge in [0.05, 0.1) is 13.2 Å². The van der Waals surface area contributed by atoms with Gasteiger partial charge in [0.1, 0.15) is 0 Å². The van der Waals surface area contributed by atoms with Gasteiger partial charge < -0.3 is 15.0 Å². The van der Waals surface area contributed by atoms with E-state index in [-0.39, 0.29) is 11.6 Å². The average Bonchev–Trinajstić information content (AvgIpc) is 2.39. The Bertz CT molecular complexity index is 409. The Kier molecular flexibility index (Phi) is 4.30. The Morgan fingerprint density at radius 2 is 2.06 bits per heavy atom. The molecule has 1 aliphatic rings. The van der Waals surface area contributed by atoms with Crippen molar-refractivity contribution >= 4 is 11.6 Å². The zero-order valence-electron chi connectivity index (χ0n) is 10.4. The number of halogens is 2. The molecule has 0 aliphatic carbocycles. The number of nitrogens with zero attached hydrogens (tertiary/aromatic N) is 2. The summed E-state index contributed by atoms with van der Waals surface area (Å²) >= 11 is 0. The van der Waals surface area contributed by atoms with Crippen molar-refractivity contribution in [2.75, 3.05) is 43.1 Å². The van der Waals surface area contributed by atoms with Gasteiger partial charge in [-0.3, -0.25) is 0 Å². The van der Waals surface area contributed by atoms with E-state index in [4.69, 9.17) is 4.74 Å². The third kappa shape index (κ3) is 2.87. The lowest BCUT2D eigenvalue weighted by molar-refractivity contribution is 0.122. The van der Waals surface area contributed by atoms with E-state index in [1.807, 2.05) is 6.92 Å². The standard InChI is InChI=1S/C12H17F2N3O/c1-2-3-15-11-9(13)8-10(14)12(16-11)17-4-6-18-7-5-17/h8H,2-7H2,1H3,(H,15,16). The first-order valence-corrected chi connectivity index (χ1v) is 6.15. The van der Waals surface area contributed by atoms with E-state index in [1.54, 1.807) is 4.90 Å². The average molecular weight is 257 g/mol. The van der Waals surface area contributed by atoms with Gasteiger partial charge in [-0.2, -0.15) is 0 Å². The summed E-state index contributed by atoms with van der Waals surface area (Å²) < 4.78 is 32.4. The largest absolute Gasteiger partial charge is 0.378 e. The normalized spacial score (nSPS) is 15.8. The van der Waals surface area contributed by atoms with Crippen molar-refractivity contribution in [1.29, 1.82) is 0 Å². The SMILES string of the molecule is CCCNc1nc(N2CCOCC2)c(F)cc1F. The number of aromatic nitrogens is 1. The van der Waals surface area contributed by atoms with Crippen molar-refractivity contribution in [3.8, 4) is 0 Å². The first-order chi connectivity index (χ1) is 8.72. The Balaban J connectivity index is 2.22. The van der Waals surface area contributed by atoms with Crippen LogP contribution in [0.3, 0.4) is 0 Å². The van der Waals surface area contributed by atoms with Gasteiger partial charge in [-0.05, 0) is 6.42 Å². The Labute approximate surface area is 105 Å². The number of hydrogen-bond donors (Lipinski definition) is 1. The van der Waals surface area contributed by atoms with Gasteiger partial charge in [-0.25, -0.2) is 13.8 Å². The molecule has 2 rings (SSSR count). The summed E-state index contributed by atoms with van der Waals surface area (Å²) in [6.45, 7) is 4.80. The number of rotatable bonds is 4. The molecule has 0 radical (unpaired) electrons. The van der Waals surface area contributed by atoms with Crippen LogP contribution in [0.15, 0.2) is 6.07 Å². The fourth-order valence-electron chi connectivity index (χ4n) is 1.82. The molecule has 2 heterocycles. The molecule has 6 heteroatoms. The molecular weight excluding hydrogens is 240 g/mol. The van der Waals surface area contributed by atoms with Gasteiger partial charge in [0.15, 0.2) is 23.3 Å². The molecule has 1 saturated heterocycles.